The van der Waals surface area contributed by atoms with E-state index in [0.29, 0.717) is 12.6 Å². The Kier molecular flexibility index (Phi) is 6.27. The molecule has 0 atom stereocenters. The third kappa shape index (κ3) is 5.10. The van der Waals surface area contributed by atoms with Crippen LogP contribution in [0, 0.1) is 0 Å². The second-order valence-electron chi connectivity index (χ2n) is 5.77. The van der Waals surface area contributed by atoms with Gasteiger partial charge in [0, 0.05) is 19.3 Å². The summed E-state index contributed by atoms with van der Waals surface area (Å²) in [5.74, 6) is 0. The molecule has 112 valence electrons. The Balaban J connectivity index is 1.64. The first-order chi connectivity index (χ1) is 9.75. The summed E-state index contributed by atoms with van der Waals surface area (Å²) in [7, 11) is 0. The molecule has 1 aliphatic carbocycles. The molecule has 0 spiro atoms. The fourth-order valence-corrected chi connectivity index (χ4v) is 2.63. The Morgan fingerprint density at radius 2 is 2.25 bits per heavy atom. The summed E-state index contributed by atoms with van der Waals surface area (Å²) in [4.78, 5) is 0. The van der Waals surface area contributed by atoms with Crippen molar-refractivity contribution < 1.29 is 4.74 Å². The van der Waals surface area contributed by atoms with Crippen molar-refractivity contribution in [2.45, 2.75) is 51.6 Å². The van der Waals surface area contributed by atoms with Crippen LogP contribution in [-0.2, 0) is 11.3 Å². The molecular formula is C16H27N3O. The summed E-state index contributed by atoms with van der Waals surface area (Å²) < 4.78 is 7.61. The number of ether oxygens (including phenoxy) is 1. The lowest BCUT2D eigenvalue weighted by Gasteiger charge is -2.21. The summed E-state index contributed by atoms with van der Waals surface area (Å²) in [6.07, 6.45) is 8.77. The SMILES string of the molecule is C=C(C)COCCNCc1ccn(C2CCCCC2)n1. The predicted molar refractivity (Wildman–Crippen MR) is 81.7 cm³/mol. The second-order valence-corrected chi connectivity index (χ2v) is 5.77. The second kappa shape index (κ2) is 8.22. The molecule has 1 N–H and O–H groups in total. The Labute approximate surface area is 122 Å². The summed E-state index contributed by atoms with van der Waals surface area (Å²) in [6.45, 7) is 8.82. The van der Waals surface area contributed by atoms with Gasteiger partial charge in [-0.1, -0.05) is 31.4 Å². The van der Waals surface area contributed by atoms with Gasteiger partial charge in [0.05, 0.1) is 24.9 Å². The molecule has 0 radical (unpaired) electrons. The molecule has 4 heteroatoms. The average Bonchev–Trinajstić information content (AvgIpc) is 2.92. The van der Waals surface area contributed by atoms with Crippen molar-refractivity contribution in [2.24, 2.45) is 0 Å². The van der Waals surface area contributed by atoms with Crippen molar-refractivity contribution in [2.75, 3.05) is 19.8 Å². The smallest absolute Gasteiger partial charge is 0.0762 e. The zero-order valence-corrected chi connectivity index (χ0v) is 12.6. The highest BCUT2D eigenvalue weighted by Gasteiger charge is 2.15. The van der Waals surface area contributed by atoms with Crippen LogP contribution in [0.5, 0.6) is 0 Å². The van der Waals surface area contributed by atoms with Crippen LogP contribution in [0.1, 0.15) is 50.8 Å². The maximum Gasteiger partial charge on any atom is 0.0762 e. The summed E-state index contributed by atoms with van der Waals surface area (Å²) in [6, 6.07) is 2.74. The van der Waals surface area contributed by atoms with Gasteiger partial charge in [-0.05, 0) is 25.8 Å². The lowest BCUT2D eigenvalue weighted by Crippen LogP contribution is -2.20. The molecule has 0 aliphatic heterocycles. The maximum absolute atomic E-state index is 5.45. The molecule has 0 unspecified atom stereocenters. The molecule has 0 amide bonds. The van der Waals surface area contributed by atoms with Gasteiger partial charge >= 0.3 is 0 Å². The van der Waals surface area contributed by atoms with Gasteiger partial charge in [-0.2, -0.15) is 5.10 Å². The van der Waals surface area contributed by atoms with E-state index in [1.54, 1.807) is 0 Å². The highest BCUT2D eigenvalue weighted by molar-refractivity contribution is 4.99. The van der Waals surface area contributed by atoms with Gasteiger partial charge in [0.2, 0.25) is 0 Å². The normalized spacial score (nSPS) is 16.4. The van der Waals surface area contributed by atoms with Crippen molar-refractivity contribution in [1.82, 2.24) is 15.1 Å². The topological polar surface area (TPSA) is 39.1 Å². The first-order valence-electron chi connectivity index (χ1n) is 7.72. The summed E-state index contributed by atoms with van der Waals surface area (Å²) in [5.41, 5.74) is 2.19. The molecule has 1 aromatic rings. The third-order valence-corrected chi connectivity index (χ3v) is 3.69. The van der Waals surface area contributed by atoms with Gasteiger partial charge in [-0.25, -0.2) is 0 Å². The fourth-order valence-electron chi connectivity index (χ4n) is 2.63. The van der Waals surface area contributed by atoms with E-state index in [1.165, 1.54) is 32.1 Å². The number of hydrogen-bond acceptors (Lipinski definition) is 3. The first kappa shape index (κ1) is 15.3. The molecule has 1 aromatic heterocycles. The maximum atomic E-state index is 5.45. The fraction of sp³-hybridized carbons (Fsp3) is 0.688. The highest BCUT2D eigenvalue weighted by atomic mass is 16.5. The minimum Gasteiger partial charge on any atom is -0.376 e. The lowest BCUT2D eigenvalue weighted by atomic mass is 9.96. The van der Waals surface area contributed by atoms with Gasteiger partial charge in [0.25, 0.3) is 0 Å². The van der Waals surface area contributed by atoms with Gasteiger partial charge in [-0.3, -0.25) is 4.68 Å². The van der Waals surface area contributed by atoms with Crippen LogP contribution in [0.3, 0.4) is 0 Å². The monoisotopic (exact) mass is 277 g/mol. The third-order valence-electron chi connectivity index (χ3n) is 3.69. The number of aromatic nitrogens is 2. The van der Waals surface area contributed by atoms with Crippen molar-refractivity contribution in [3.63, 3.8) is 0 Å². The zero-order valence-electron chi connectivity index (χ0n) is 12.6. The van der Waals surface area contributed by atoms with Crippen molar-refractivity contribution in [3.8, 4) is 0 Å². The van der Waals surface area contributed by atoms with Crippen LogP contribution in [0.4, 0.5) is 0 Å². The van der Waals surface area contributed by atoms with E-state index >= 15 is 0 Å². The summed E-state index contributed by atoms with van der Waals surface area (Å²) in [5, 5.41) is 8.04. The van der Waals surface area contributed by atoms with Crippen molar-refractivity contribution in [3.05, 3.63) is 30.1 Å². The summed E-state index contributed by atoms with van der Waals surface area (Å²) >= 11 is 0. The Bertz CT molecular complexity index is 408. The molecule has 0 bridgehead atoms. The van der Waals surface area contributed by atoms with Gasteiger partial charge < -0.3 is 10.1 Å². The van der Waals surface area contributed by atoms with E-state index in [-0.39, 0.29) is 0 Å². The Morgan fingerprint density at radius 1 is 1.45 bits per heavy atom. The Hall–Kier alpha value is -1.13. The van der Waals surface area contributed by atoms with Crippen LogP contribution in [0.15, 0.2) is 24.4 Å². The molecular weight excluding hydrogens is 250 g/mol. The Morgan fingerprint density at radius 3 is 3.00 bits per heavy atom. The van der Waals surface area contributed by atoms with Crippen LogP contribution in [0.25, 0.3) is 0 Å². The molecule has 20 heavy (non-hydrogen) atoms. The highest BCUT2D eigenvalue weighted by Crippen LogP contribution is 2.27. The standard InChI is InChI=1S/C16H27N3O/c1-14(2)13-20-11-9-17-12-15-8-10-19(18-15)16-6-4-3-5-7-16/h8,10,16-17H,1,3-7,9,11-13H2,2H3. The quantitative estimate of drug-likeness (QED) is 0.586. The van der Waals surface area contributed by atoms with E-state index in [9.17, 15) is 0 Å². The van der Waals surface area contributed by atoms with Gasteiger partial charge in [0.1, 0.15) is 0 Å². The molecule has 1 saturated carbocycles. The van der Waals surface area contributed by atoms with Crippen LogP contribution >= 0.6 is 0 Å². The molecule has 4 nitrogen and oxygen atoms in total. The van der Waals surface area contributed by atoms with Crippen LogP contribution in [-0.4, -0.2) is 29.5 Å². The first-order valence-corrected chi connectivity index (χ1v) is 7.72. The number of hydrogen-bond donors (Lipinski definition) is 1. The van der Waals surface area contributed by atoms with Crippen LogP contribution in [0.2, 0.25) is 0 Å². The minimum atomic E-state index is 0.622. The van der Waals surface area contributed by atoms with E-state index in [4.69, 9.17) is 4.74 Å². The molecule has 1 aliphatic rings. The van der Waals surface area contributed by atoms with Crippen LogP contribution < -0.4 is 5.32 Å². The molecule has 2 rings (SSSR count). The molecule has 1 fully saturated rings. The number of rotatable bonds is 8. The van der Waals surface area contributed by atoms with Crippen molar-refractivity contribution >= 4 is 0 Å². The number of nitrogens with zero attached hydrogens (tertiary/aromatic N) is 2. The van der Waals surface area contributed by atoms with Gasteiger partial charge in [-0.15, -0.1) is 0 Å². The lowest BCUT2D eigenvalue weighted by molar-refractivity contribution is 0.157. The van der Waals surface area contributed by atoms with E-state index in [2.05, 4.69) is 33.9 Å². The minimum absolute atomic E-state index is 0.622. The number of nitrogens with one attached hydrogen (secondary N) is 1. The molecule has 0 saturated heterocycles. The molecule has 0 aromatic carbocycles. The predicted octanol–water partition coefficient (Wildman–Crippen LogP) is 3.07. The average molecular weight is 277 g/mol. The van der Waals surface area contributed by atoms with E-state index in [1.807, 2.05) is 6.92 Å². The van der Waals surface area contributed by atoms with Gasteiger partial charge in [0.15, 0.2) is 0 Å². The molecule has 1 heterocycles. The van der Waals surface area contributed by atoms with E-state index in [0.717, 1.165) is 31.0 Å². The van der Waals surface area contributed by atoms with Crippen molar-refractivity contribution in [1.29, 1.82) is 0 Å². The largest absolute Gasteiger partial charge is 0.376 e. The van der Waals surface area contributed by atoms with E-state index < -0.39 is 0 Å². The zero-order chi connectivity index (χ0) is 14.2.